The number of methoxy groups -OCH3 is 2. The van der Waals surface area contributed by atoms with Crippen molar-refractivity contribution in [3.05, 3.63) is 107 Å². The first kappa shape index (κ1) is 24.2. The van der Waals surface area contributed by atoms with Crippen molar-refractivity contribution in [2.75, 3.05) is 19.5 Å². The molecule has 1 aromatic heterocycles. The largest absolute Gasteiger partial charge is 0.496 e. The summed E-state index contributed by atoms with van der Waals surface area (Å²) in [6.07, 6.45) is 3.15. The Balaban J connectivity index is 1.42. The van der Waals surface area contributed by atoms with Crippen LogP contribution in [0.15, 0.2) is 89.5 Å². The molecule has 0 unspecified atom stereocenters. The number of hydrogen-bond donors (Lipinski definition) is 1. The number of amides is 1. The molecule has 0 saturated heterocycles. The van der Waals surface area contributed by atoms with Gasteiger partial charge >= 0.3 is 5.97 Å². The zero-order valence-corrected chi connectivity index (χ0v) is 19.6. The maximum absolute atomic E-state index is 12.7. The van der Waals surface area contributed by atoms with E-state index in [1.807, 2.05) is 0 Å². The van der Waals surface area contributed by atoms with E-state index in [1.165, 1.54) is 26.4 Å². The molecule has 1 heterocycles. The van der Waals surface area contributed by atoms with Gasteiger partial charge in [0, 0.05) is 22.9 Å². The highest BCUT2D eigenvalue weighted by Crippen LogP contribution is 2.24. The van der Waals surface area contributed by atoms with E-state index in [2.05, 4.69) is 15.2 Å². The van der Waals surface area contributed by atoms with Crippen molar-refractivity contribution < 1.29 is 28.4 Å². The van der Waals surface area contributed by atoms with Gasteiger partial charge in [-0.3, -0.25) is 9.59 Å². The average molecular weight is 482 g/mol. The SMILES string of the molecule is COC(=O)c1cc(-c2cccc(NC(=O)c3ccc(/C=C/C(=O)c4ccccc4OC)cc3)c2)on1. The Morgan fingerprint density at radius 3 is 2.44 bits per heavy atom. The second kappa shape index (κ2) is 11.0. The van der Waals surface area contributed by atoms with Gasteiger partial charge in [-0.25, -0.2) is 4.79 Å². The molecule has 3 aromatic carbocycles. The van der Waals surface area contributed by atoms with Crippen molar-refractivity contribution in [2.45, 2.75) is 0 Å². The molecule has 180 valence electrons. The predicted octanol–water partition coefficient (Wildman–Crippen LogP) is 5.29. The Bertz CT molecular complexity index is 1440. The summed E-state index contributed by atoms with van der Waals surface area (Å²) in [6, 6.07) is 22.3. The minimum atomic E-state index is -0.600. The van der Waals surface area contributed by atoms with Crippen LogP contribution in [-0.2, 0) is 4.74 Å². The molecule has 0 radical (unpaired) electrons. The molecular weight excluding hydrogens is 460 g/mol. The Kier molecular flexibility index (Phi) is 7.36. The molecular formula is C28H22N2O6. The van der Waals surface area contributed by atoms with E-state index in [0.29, 0.717) is 33.9 Å². The molecule has 4 rings (SSSR count). The van der Waals surface area contributed by atoms with Crippen LogP contribution in [0, 0.1) is 0 Å². The van der Waals surface area contributed by atoms with Gasteiger partial charge in [-0.05, 0) is 48.0 Å². The lowest BCUT2D eigenvalue weighted by Crippen LogP contribution is -2.11. The fourth-order valence-electron chi connectivity index (χ4n) is 3.42. The van der Waals surface area contributed by atoms with E-state index < -0.39 is 5.97 Å². The monoisotopic (exact) mass is 482 g/mol. The minimum absolute atomic E-state index is 0.0562. The lowest BCUT2D eigenvalue weighted by Gasteiger charge is -2.07. The number of esters is 1. The van der Waals surface area contributed by atoms with Crippen LogP contribution in [0.5, 0.6) is 5.75 Å². The fourth-order valence-corrected chi connectivity index (χ4v) is 3.42. The summed E-state index contributed by atoms with van der Waals surface area (Å²) in [5, 5.41) is 6.53. The number of aromatic nitrogens is 1. The number of rotatable bonds is 8. The van der Waals surface area contributed by atoms with Gasteiger partial charge < -0.3 is 19.3 Å². The molecule has 0 bridgehead atoms. The molecule has 4 aromatic rings. The molecule has 36 heavy (non-hydrogen) atoms. The van der Waals surface area contributed by atoms with Crippen molar-refractivity contribution in [3.8, 4) is 17.1 Å². The highest BCUT2D eigenvalue weighted by atomic mass is 16.5. The number of para-hydroxylation sites is 1. The van der Waals surface area contributed by atoms with Crippen LogP contribution in [0.2, 0.25) is 0 Å². The van der Waals surface area contributed by atoms with Crippen LogP contribution >= 0.6 is 0 Å². The van der Waals surface area contributed by atoms with Crippen LogP contribution < -0.4 is 10.1 Å². The summed E-state index contributed by atoms with van der Waals surface area (Å²) in [4.78, 5) is 36.8. The second-order valence-corrected chi connectivity index (χ2v) is 7.62. The van der Waals surface area contributed by atoms with Gasteiger partial charge in [0.1, 0.15) is 5.75 Å². The van der Waals surface area contributed by atoms with Gasteiger partial charge in [0.2, 0.25) is 0 Å². The number of carbonyl (C=O) groups excluding carboxylic acids is 3. The van der Waals surface area contributed by atoms with E-state index in [-0.39, 0.29) is 17.4 Å². The topological polar surface area (TPSA) is 108 Å². The molecule has 8 nitrogen and oxygen atoms in total. The minimum Gasteiger partial charge on any atom is -0.496 e. The molecule has 1 N–H and O–H groups in total. The van der Waals surface area contributed by atoms with Gasteiger partial charge in [-0.2, -0.15) is 0 Å². The average Bonchev–Trinajstić information content (AvgIpc) is 3.42. The molecule has 0 atom stereocenters. The molecule has 8 heteroatoms. The van der Waals surface area contributed by atoms with Crippen LogP contribution in [-0.4, -0.2) is 37.0 Å². The third-order valence-electron chi connectivity index (χ3n) is 5.28. The number of benzene rings is 3. The van der Waals surface area contributed by atoms with Gasteiger partial charge in [0.05, 0.1) is 19.8 Å². The summed E-state index contributed by atoms with van der Waals surface area (Å²) < 4.78 is 15.1. The van der Waals surface area contributed by atoms with Crippen molar-refractivity contribution >= 4 is 29.4 Å². The number of nitrogens with zero attached hydrogens (tertiary/aromatic N) is 1. The summed E-state index contributed by atoms with van der Waals surface area (Å²) in [5.41, 5.74) is 2.92. The van der Waals surface area contributed by atoms with Crippen molar-refractivity contribution in [2.24, 2.45) is 0 Å². The summed E-state index contributed by atoms with van der Waals surface area (Å²) in [5.74, 6) is -0.210. The van der Waals surface area contributed by atoms with Gasteiger partial charge in [-0.1, -0.05) is 47.6 Å². The third-order valence-corrected chi connectivity index (χ3v) is 5.28. The smallest absolute Gasteiger partial charge is 0.360 e. The normalized spacial score (nSPS) is 10.7. The Labute approximate surface area is 207 Å². The highest BCUT2D eigenvalue weighted by molar-refractivity contribution is 6.09. The first-order valence-electron chi connectivity index (χ1n) is 10.9. The highest BCUT2D eigenvalue weighted by Gasteiger charge is 2.15. The van der Waals surface area contributed by atoms with E-state index in [0.717, 1.165) is 5.56 Å². The van der Waals surface area contributed by atoms with Crippen LogP contribution in [0.1, 0.15) is 36.8 Å². The zero-order valence-electron chi connectivity index (χ0n) is 19.6. The second-order valence-electron chi connectivity index (χ2n) is 7.62. The first-order chi connectivity index (χ1) is 17.5. The lowest BCUT2D eigenvalue weighted by atomic mass is 10.1. The van der Waals surface area contributed by atoms with Gasteiger partial charge in [-0.15, -0.1) is 0 Å². The number of hydrogen-bond acceptors (Lipinski definition) is 7. The Hall–Kier alpha value is -4.98. The molecule has 0 aliphatic carbocycles. The predicted molar refractivity (Wildman–Crippen MR) is 134 cm³/mol. The maximum Gasteiger partial charge on any atom is 0.360 e. The third kappa shape index (κ3) is 5.56. The van der Waals surface area contributed by atoms with Crippen molar-refractivity contribution in [3.63, 3.8) is 0 Å². The zero-order chi connectivity index (χ0) is 25.5. The summed E-state index contributed by atoms with van der Waals surface area (Å²) in [7, 11) is 2.78. The maximum atomic E-state index is 12.7. The molecule has 1 amide bonds. The van der Waals surface area contributed by atoms with E-state index in [1.54, 1.807) is 78.9 Å². The molecule has 0 spiro atoms. The van der Waals surface area contributed by atoms with Gasteiger partial charge in [0.25, 0.3) is 5.91 Å². The van der Waals surface area contributed by atoms with Crippen molar-refractivity contribution in [1.29, 1.82) is 0 Å². The van der Waals surface area contributed by atoms with Crippen LogP contribution in [0.4, 0.5) is 5.69 Å². The Morgan fingerprint density at radius 1 is 0.917 bits per heavy atom. The van der Waals surface area contributed by atoms with Gasteiger partial charge in [0.15, 0.2) is 17.2 Å². The number of anilines is 1. The summed E-state index contributed by atoms with van der Waals surface area (Å²) in [6.45, 7) is 0. The molecule has 0 fully saturated rings. The van der Waals surface area contributed by atoms with E-state index in [4.69, 9.17) is 9.26 Å². The van der Waals surface area contributed by atoms with E-state index in [9.17, 15) is 14.4 Å². The quantitative estimate of drug-likeness (QED) is 0.207. The van der Waals surface area contributed by atoms with E-state index >= 15 is 0 Å². The number of ether oxygens (including phenoxy) is 2. The number of allylic oxidation sites excluding steroid dienone is 1. The molecule has 0 saturated carbocycles. The fraction of sp³-hybridized carbons (Fsp3) is 0.0714. The number of nitrogens with one attached hydrogen (secondary N) is 1. The standard InChI is InChI=1S/C28H22N2O6/c1-34-25-9-4-3-8-22(25)24(31)15-12-18-10-13-19(14-11-18)27(32)29-21-7-5-6-20(16-21)26-17-23(30-36-26)28(33)35-2/h3-17H,1-2H3,(H,29,32)/b15-12+. The summed E-state index contributed by atoms with van der Waals surface area (Å²) >= 11 is 0. The number of ketones is 1. The Morgan fingerprint density at radius 2 is 1.69 bits per heavy atom. The molecule has 0 aliphatic rings. The van der Waals surface area contributed by atoms with Crippen LogP contribution in [0.3, 0.4) is 0 Å². The van der Waals surface area contributed by atoms with Crippen LogP contribution in [0.25, 0.3) is 17.4 Å². The number of carbonyl (C=O) groups is 3. The lowest BCUT2D eigenvalue weighted by molar-refractivity contribution is 0.0589. The van der Waals surface area contributed by atoms with Crippen molar-refractivity contribution in [1.82, 2.24) is 5.16 Å². The first-order valence-corrected chi connectivity index (χ1v) is 10.9. The molecule has 0 aliphatic heterocycles.